The van der Waals surface area contributed by atoms with Crippen molar-refractivity contribution >= 4 is 42.3 Å². The van der Waals surface area contributed by atoms with E-state index in [1.165, 1.54) is 11.1 Å². The fourth-order valence-electron chi connectivity index (χ4n) is 4.34. The van der Waals surface area contributed by atoms with Crippen LogP contribution in [0.25, 0.3) is 0 Å². The molecule has 2 aliphatic rings. The second-order valence-electron chi connectivity index (χ2n) is 8.22. The molecule has 4 rings (SSSR count). The summed E-state index contributed by atoms with van der Waals surface area (Å²) < 4.78 is 10.8. The predicted molar refractivity (Wildman–Crippen MR) is 136 cm³/mol. The number of nitrogens with zero attached hydrogens (tertiary/aromatic N) is 3. The van der Waals surface area contributed by atoms with E-state index in [9.17, 15) is 4.79 Å². The highest BCUT2D eigenvalue weighted by Crippen LogP contribution is 2.33. The third-order valence-electron chi connectivity index (χ3n) is 6.21. The number of amides is 1. The Morgan fingerprint density at radius 3 is 2.06 bits per heavy atom. The van der Waals surface area contributed by atoms with E-state index in [1.54, 1.807) is 14.2 Å². The van der Waals surface area contributed by atoms with Crippen molar-refractivity contribution in [1.29, 1.82) is 0 Å². The van der Waals surface area contributed by atoms with Crippen LogP contribution in [0.2, 0.25) is 5.02 Å². The number of hydrogen-bond acceptors (Lipinski definition) is 5. The number of carbonyl (C=O) groups excluding carboxylic acids is 1. The van der Waals surface area contributed by atoms with Gasteiger partial charge in [-0.15, -0.1) is 24.8 Å². The minimum Gasteiger partial charge on any atom is -0.493 e. The van der Waals surface area contributed by atoms with Gasteiger partial charge in [-0.25, -0.2) is 0 Å². The van der Waals surface area contributed by atoms with Crippen molar-refractivity contribution in [3.05, 3.63) is 58.1 Å². The number of halogens is 3. The molecule has 0 atom stereocenters. The Labute approximate surface area is 213 Å². The molecule has 0 radical (unpaired) electrons. The maximum Gasteiger partial charge on any atom is 0.237 e. The summed E-state index contributed by atoms with van der Waals surface area (Å²) in [5, 5.41) is 0.769. The third kappa shape index (κ3) is 6.90. The highest BCUT2D eigenvalue weighted by atomic mass is 35.5. The lowest BCUT2D eigenvalue weighted by Gasteiger charge is -2.36. The molecule has 0 N–H and O–H groups in total. The summed E-state index contributed by atoms with van der Waals surface area (Å²) in [6, 6.07) is 12.1. The average Bonchev–Trinajstić information content (AvgIpc) is 2.80. The Morgan fingerprint density at radius 1 is 0.879 bits per heavy atom. The van der Waals surface area contributed by atoms with Gasteiger partial charge in [0.1, 0.15) is 0 Å². The van der Waals surface area contributed by atoms with E-state index in [2.05, 4.69) is 21.9 Å². The first-order valence-corrected chi connectivity index (χ1v) is 11.1. The molecule has 0 spiro atoms. The Hall–Kier alpha value is -1.70. The molecule has 0 bridgehead atoms. The number of fused-ring (bicyclic) bond motifs is 1. The number of rotatable bonds is 6. The predicted octanol–water partition coefficient (Wildman–Crippen LogP) is 3.90. The lowest BCUT2D eigenvalue weighted by molar-refractivity contribution is -0.133. The molecule has 1 fully saturated rings. The molecular formula is C24H32Cl3N3O3. The van der Waals surface area contributed by atoms with Gasteiger partial charge in [0.25, 0.3) is 0 Å². The first-order chi connectivity index (χ1) is 15.1. The molecule has 9 heteroatoms. The quantitative estimate of drug-likeness (QED) is 0.583. The molecule has 0 unspecified atom stereocenters. The second kappa shape index (κ2) is 12.7. The maximum absolute atomic E-state index is 13.0. The van der Waals surface area contributed by atoms with Crippen LogP contribution in [0.3, 0.4) is 0 Å². The third-order valence-corrected chi connectivity index (χ3v) is 6.47. The molecular weight excluding hydrogens is 485 g/mol. The van der Waals surface area contributed by atoms with E-state index >= 15 is 0 Å². The molecule has 1 saturated heterocycles. The van der Waals surface area contributed by atoms with E-state index in [1.807, 2.05) is 29.2 Å². The minimum atomic E-state index is 0. The number of methoxy groups -OCH3 is 2. The first kappa shape index (κ1) is 27.5. The Balaban J connectivity index is 0.00000193. The summed E-state index contributed by atoms with van der Waals surface area (Å²) in [5.74, 6) is 1.66. The summed E-state index contributed by atoms with van der Waals surface area (Å²) >= 11 is 5.97. The Morgan fingerprint density at radius 2 is 1.45 bits per heavy atom. The van der Waals surface area contributed by atoms with Gasteiger partial charge in [-0.1, -0.05) is 23.7 Å². The maximum atomic E-state index is 13.0. The number of carbonyl (C=O) groups is 1. The molecule has 33 heavy (non-hydrogen) atoms. The van der Waals surface area contributed by atoms with Crippen LogP contribution in [0.1, 0.15) is 16.7 Å². The fourth-order valence-corrected chi connectivity index (χ4v) is 4.47. The van der Waals surface area contributed by atoms with E-state index < -0.39 is 0 Å². The van der Waals surface area contributed by atoms with Crippen LogP contribution in [0.15, 0.2) is 36.4 Å². The van der Waals surface area contributed by atoms with Gasteiger partial charge < -0.3 is 14.4 Å². The van der Waals surface area contributed by atoms with Crippen molar-refractivity contribution in [3.8, 4) is 11.5 Å². The second-order valence-corrected chi connectivity index (χ2v) is 8.66. The molecule has 2 aromatic rings. The number of hydrogen-bond donors (Lipinski definition) is 0. The van der Waals surface area contributed by atoms with Gasteiger partial charge in [0.2, 0.25) is 5.91 Å². The molecule has 0 aliphatic carbocycles. The molecule has 6 nitrogen and oxygen atoms in total. The highest BCUT2D eigenvalue weighted by Gasteiger charge is 2.25. The van der Waals surface area contributed by atoms with Crippen LogP contribution in [-0.2, 0) is 24.3 Å². The van der Waals surface area contributed by atoms with Gasteiger partial charge >= 0.3 is 0 Å². The van der Waals surface area contributed by atoms with Gasteiger partial charge in [0.05, 0.1) is 20.8 Å². The SMILES string of the molecule is COc1cc2c(cc1OC)CN(C(=O)CN1CCN(Cc3ccc(Cl)cc3)CC1)CC2.Cl.Cl. The number of benzene rings is 2. The summed E-state index contributed by atoms with van der Waals surface area (Å²) in [6.45, 7) is 6.54. The van der Waals surface area contributed by atoms with Crippen molar-refractivity contribution in [1.82, 2.24) is 14.7 Å². The first-order valence-electron chi connectivity index (χ1n) is 10.8. The van der Waals surface area contributed by atoms with Crippen molar-refractivity contribution in [2.24, 2.45) is 0 Å². The molecule has 2 heterocycles. The van der Waals surface area contributed by atoms with Crippen molar-refractivity contribution in [2.45, 2.75) is 19.5 Å². The van der Waals surface area contributed by atoms with Crippen LogP contribution in [0.4, 0.5) is 0 Å². The van der Waals surface area contributed by atoms with Gasteiger partial charge in [0.15, 0.2) is 11.5 Å². The normalized spacial score (nSPS) is 16.3. The van der Waals surface area contributed by atoms with Gasteiger partial charge in [-0.05, 0) is 47.4 Å². The smallest absolute Gasteiger partial charge is 0.237 e. The summed E-state index contributed by atoms with van der Waals surface area (Å²) in [4.78, 5) is 19.6. The molecule has 182 valence electrons. The average molecular weight is 517 g/mol. The monoisotopic (exact) mass is 515 g/mol. The zero-order chi connectivity index (χ0) is 21.8. The van der Waals surface area contributed by atoms with Crippen LogP contribution < -0.4 is 9.47 Å². The van der Waals surface area contributed by atoms with E-state index in [-0.39, 0.29) is 30.7 Å². The van der Waals surface area contributed by atoms with Crippen molar-refractivity contribution < 1.29 is 14.3 Å². The zero-order valence-electron chi connectivity index (χ0n) is 19.1. The lowest BCUT2D eigenvalue weighted by atomic mass is 9.98. The van der Waals surface area contributed by atoms with E-state index in [0.29, 0.717) is 18.8 Å². The molecule has 1 amide bonds. The molecule has 0 saturated carbocycles. The standard InChI is InChI=1S/C24H30ClN3O3.2ClH/c1-30-22-13-19-7-8-28(16-20(19)14-23(22)31-2)24(29)17-27-11-9-26(10-12-27)15-18-3-5-21(25)6-4-18;;/h3-6,13-14H,7-12,15-17H2,1-2H3;2*1H. The highest BCUT2D eigenvalue weighted by molar-refractivity contribution is 6.30. The summed E-state index contributed by atoms with van der Waals surface area (Å²) in [7, 11) is 3.29. The van der Waals surface area contributed by atoms with Crippen LogP contribution in [0.5, 0.6) is 11.5 Å². The number of piperazine rings is 1. The van der Waals surface area contributed by atoms with Crippen LogP contribution >= 0.6 is 36.4 Å². The molecule has 2 aromatic carbocycles. The van der Waals surface area contributed by atoms with Crippen molar-refractivity contribution in [2.75, 3.05) is 53.5 Å². The fraction of sp³-hybridized carbons (Fsp3) is 0.458. The van der Waals surface area contributed by atoms with E-state index in [4.69, 9.17) is 21.1 Å². The number of ether oxygens (including phenoxy) is 2. The van der Waals surface area contributed by atoms with Crippen LogP contribution in [0, 0.1) is 0 Å². The lowest BCUT2D eigenvalue weighted by Crippen LogP contribution is -2.50. The van der Waals surface area contributed by atoms with Gasteiger partial charge in [0, 0.05) is 50.8 Å². The van der Waals surface area contributed by atoms with Crippen molar-refractivity contribution in [3.63, 3.8) is 0 Å². The zero-order valence-corrected chi connectivity index (χ0v) is 21.5. The van der Waals surface area contributed by atoms with E-state index in [0.717, 1.165) is 62.0 Å². The summed E-state index contributed by atoms with van der Waals surface area (Å²) in [6.07, 6.45) is 0.844. The van der Waals surface area contributed by atoms with Crippen LogP contribution in [-0.4, -0.2) is 74.1 Å². The minimum absolute atomic E-state index is 0. The molecule has 2 aliphatic heterocycles. The Bertz CT molecular complexity index is 919. The molecule has 0 aromatic heterocycles. The largest absolute Gasteiger partial charge is 0.493 e. The topological polar surface area (TPSA) is 45.3 Å². The Kier molecular flexibility index (Phi) is 10.6. The summed E-state index contributed by atoms with van der Waals surface area (Å²) in [5.41, 5.74) is 3.65. The van der Waals surface area contributed by atoms with Gasteiger partial charge in [-0.2, -0.15) is 0 Å². The van der Waals surface area contributed by atoms with Gasteiger partial charge in [-0.3, -0.25) is 14.6 Å².